The molecular formula is C20H33NO17. The Bertz CT molecular complexity index is 816. The molecule has 38 heavy (non-hydrogen) atoms. The molecule has 0 spiro atoms. The van der Waals surface area contributed by atoms with Crippen LogP contribution in [0.1, 0.15) is 6.92 Å². The number of hydrogen-bond acceptors (Lipinski definition) is 16. The van der Waals surface area contributed by atoms with E-state index in [0.717, 1.165) is 6.92 Å². The Hall–Kier alpha value is -1.62. The Labute approximate surface area is 214 Å². The van der Waals surface area contributed by atoms with Gasteiger partial charge < -0.3 is 80.1 Å². The number of carbonyl (C=O) groups is 2. The standard InChI is InChI=1S/C20H33NO17/c1-4(23)21-7-10(26)9(25)6(3-34-20-14(30)11(27)8(24)5(2-22)35-20)36-19(7)38-16-13(29)12(28)15(17(31)32)37-18(16)33/h5-16,18-20,22,24-30,33H,2-3H2,1H3,(H,21,23)(H,31,32)/t5-,6-,7-,8-,9-,10-,11+,12+,13+,14-,15+,16-,18+,19+,20-/m1/s1. The largest absolute Gasteiger partial charge is 0.479 e. The summed E-state index contributed by atoms with van der Waals surface area (Å²) in [5.74, 6) is -2.38. The summed E-state index contributed by atoms with van der Waals surface area (Å²) in [6, 6.07) is -1.51. The molecule has 15 atom stereocenters. The highest BCUT2D eigenvalue weighted by molar-refractivity contribution is 5.73. The SMILES string of the molecule is CC(=O)N[C@H]1[C@H](O[C@@H]2[C@@H](O)[C@H](O)[C@@H](C(=O)O)O[C@@H]2O)O[C@H](CO[C@@H]2O[C@H](CO)[C@@H](O)[C@H](O)[C@H]2O)[C@@H](O)[C@@H]1O. The molecule has 3 saturated heterocycles. The van der Waals surface area contributed by atoms with Crippen LogP contribution >= 0.6 is 0 Å². The van der Waals surface area contributed by atoms with E-state index in [1.165, 1.54) is 0 Å². The van der Waals surface area contributed by atoms with Gasteiger partial charge >= 0.3 is 5.97 Å². The zero-order valence-corrected chi connectivity index (χ0v) is 19.9. The van der Waals surface area contributed by atoms with E-state index in [0.29, 0.717) is 0 Å². The van der Waals surface area contributed by atoms with Gasteiger partial charge in [0.2, 0.25) is 5.91 Å². The molecule has 18 nitrogen and oxygen atoms in total. The van der Waals surface area contributed by atoms with Crippen molar-refractivity contribution in [2.45, 2.75) is 99.0 Å². The molecule has 220 valence electrons. The lowest BCUT2D eigenvalue weighted by molar-refractivity contribution is -0.351. The normalized spacial score (nSPS) is 47.9. The third-order valence-electron chi connectivity index (χ3n) is 6.44. The molecule has 0 radical (unpaired) electrons. The molecule has 0 saturated carbocycles. The van der Waals surface area contributed by atoms with Crippen LogP contribution in [-0.2, 0) is 33.3 Å². The number of aliphatic hydroxyl groups is 9. The summed E-state index contributed by atoms with van der Waals surface area (Å²) in [6.45, 7) is -0.328. The van der Waals surface area contributed by atoms with Gasteiger partial charge in [-0.2, -0.15) is 0 Å². The van der Waals surface area contributed by atoms with Gasteiger partial charge in [0.1, 0.15) is 67.1 Å². The van der Waals surface area contributed by atoms with Crippen molar-refractivity contribution in [3.05, 3.63) is 0 Å². The molecular weight excluding hydrogens is 526 g/mol. The van der Waals surface area contributed by atoms with Crippen molar-refractivity contribution in [2.24, 2.45) is 0 Å². The smallest absolute Gasteiger partial charge is 0.335 e. The van der Waals surface area contributed by atoms with Crippen LogP contribution in [-0.4, -0.2) is 168 Å². The van der Waals surface area contributed by atoms with Crippen LogP contribution in [0.3, 0.4) is 0 Å². The number of aliphatic hydroxyl groups excluding tert-OH is 9. The van der Waals surface area contributed by atoms with Crippen molar-refractivity contribution >= 4 is 11.9 Å². The van der Waals surface area contributed by atoms with Crippen LogP contribution in [0.4, 0.5) is 0 Å². The van der Waals surface area contributed by atoms with E-state index in [1.54, 1.807) is 0 Å². The number of carbonyl (C=O) groups excluding carboxylic acids is 1. The fraction of sp³-hybridized carbons (Fsp3) is 0.900. The van der Waals surface area contributed by atoms with Crippen molar-refractivity contribution < 1.29 is 84.3 Å². The maximum absolute atomic E-state index is 11.7. The number of carboxylic acid groups (broad SMARTS) is 1. The highest BCUT2D eigenvalue weighted by Crippen LogP contribution is 2.30. The summed E-state index contributed by atoms with van der Waals surface area (Å²) in [4.78, 5) is 22.9. The Kier molecular flexibility index (Phi) is 10.3. The van der Waals surface area contributed by atoms with Gasteiger partial charge in [-0.25, -0.2) is 4.79 Å². The summed E-state index contributed by atoms with van der Waals surface area (Å²) in [5.41, 5.74) is 0. The van der Waals surface area contributed by atoms with Crippen LogP contribution in [0, 0.1) is 0 Å². The quantitative estimate of drug-likeness (QED) is 0.132. The van der Waals surface area contributed by atoms with Gasteiger partial charge in [-0.1, -0.05) is 0 Å². The molecule has 18 heteroatoms. The number of carboxylic acids is 1. The number of amides is 1. The lowest BCUT2D eigenvalue weighted by atomic mass is 9.95. The van der Waals surface area contributed by atoms with Gasteiger partial charge in [0.15, 0.2) is 25.0 Å². The van der Waals surface area contributed by atoms with Gasteiger partial charge in [0.25, 0.3) is 0 Å². The van der Waals surface area contributed by atoms with Gasteiger partial charge in [-0.05, 0) is 0 Å². The molecule has 1 amide bonds. The molecule has 3 rings (SSSR count). The molecule has 0 bridgehead atoms. The molecule has 0 aromatic rings. The second-order valence-electron chi connectivity index (χ2n) is 9.15. The minimum Gasteiger partial charge on any atom is -0.479 e. The molecule has 3 heterocycles. The van der Waals surface area contributed by atoms with E-state index in [1.807, 2.05) is 0 Å². The fourth-order valence-electron chi connectivity index (χ4n) is 4.33. The molecule has 3 aliphatic heterocycles. The van der Waals surface area contributed by atoms with Crippen molar-refractivity contribution in [3.63, 3.8) is 0 Å². The molecule has 11 N–H and O–H groups in total. The van der Waals surface area contributed by atoms with Gasteiger partial charge in [-0.15, -0.1) is 0 Å². The van der Waals surface area contributed by atoms with Crippen LogP contribution in [0.2, 0.25) is 0 Å². The Morgan fingerprint density at radius 2 is 1.37 bits per heavy atom. The van der Waals surface area contributed by atoms with Crippen molar-refractivity contribution in [1.82, 2.24) is 5.32 Å². The van der Waals surface area contributed by atoms with E-state index < -0.39 is 117 Å². The molecule has 0 aliphatic carbocycles. The first-order chi connectivity index (χ1) is 17.8. The van der Waals surface area contributed by atoms with E-state index in [-0.39, 0.29) is 0 Å². The number of aliphatic carboxylic acids is 1. The van der Waals surface area contributed by atoms with Crippen LogP contribution in [0.5, 0.6) is 0 Å². The minimum absolute atomic E-state index is 0.663. The van der Waals surface area contributed by atoms with E-state index >= 15 is 0 Å². The molecule has 0 unspecified atom stereocenters. The van der Waals surface area contributed by atoms with E-state index in [2.05, 4.69) is 5.32 Å². The molecule has 0 aromatic carbocycles. The zero-order chi connectivity index (χ0) is 28.5. The lowest BCUT2D eigenvalue weighted by Crippen LogP contribution is -2.68. The highest BCUT2D eigenvalue weighted by Gasteiger charge is 2.53. The molecule has 3 aliphatic rings. The third-order valence-corrected chi connectivity index (χ3v) is 6.44. The third kappa shape index (κ3) is 6.40. The topological polar surface area (TPSA) is 295 Å². The maximum atomic E-state index is 11.7. The first-order valence-corrected chi connectivity index (χ1v) is 11.6. The van der Waals surface area contributed by atoms with Gasteiger partial charge in [-0.3, -0.25) is 4.79 Å². The molecule has 3 fully saturated rings. The summed E-state index contributed by atoms with van der Waals surface area (Å²) in [6.07, 6.45) is -25.0. The second kappa shape index (κ2) is 12.7. The fourth-order valence-corrected chi connectivity index (χ4v) is 4.33. The lowest BCUT2D eigenvalue weighted by Gasteiger charge is -2.46. The second-order valence-corrected chi connectivity index (χ2v) is 9.15. The van der Waals surface area contributed by atoms with Crippen molar-refractivity contribution in [1.29, 1.82) is 0 Å². The Morgan fingerprint density at radius 1 is 0.763 bits per heavy atom. The minimum atomic E-state index is -2.11. The number of rotatable bonds is 8. The number of nitrogens with one attached hydrogen (secondary N) is 1. The Morgan fingerprint density at radius 3 is 1.95 bits per heavy atom. The Balaban J connectivity index is 1.75. The maximum Gasteiger partial charge on any atom is 0.335 e. The highest BCUT2D eigenvalue weighted by atomic mass is 16.7. The van der Waals surface area contributed by atoms with Crippen LogP contribution in [0.15, 0.2) is 0 Å². The van der Waals surface area contributed by atoms with Crippen LogP contribution < -0.4 is 5.32 Å². The van der Waals surface area contributed by atoms with Crippen LogP contribution in [0.25, 0.3) is 0 Å². The van der Waals surface area contributed by atoms with Crippen molar-refractivity contribution in [2.75, 3.05) is 13.2 Å². The predicted molar refractivity (Wildman–Crippen MR) is 113 cm³/mol. The summed E-state index contributed by atoms with van der Waals surface area (Å²) in [7, 11) is 0. The first kappa shape index (κ1) is 30.9. The number of ether oxygens (including phenoxy) is 5. The number of hydrogen-bond donors (Lipinski definition) is 11. The summed E-state index contributed by atoms with van der Waals surface area (Å²) >= 11 is 0. The summed E-state index contributed by atoms with van der Waals surface area (Å²) in [5, 5.41) is 102. The van der Waals surface area contributed by atoms with E-state index in [4.69, 9.17) is 28.8 Å². The first-order valence-electron chi connectivity index (χ1n) is 11.6. The van der Waals surface area contributed by atoms with Gasteiger partial charge in [0.05, 0.1) is 13.2 Å². The average molecular weight is 559 g/mol. The average Bonchev–Trinajstić information content (AvgIpc) is 2.86. The predicted octanol–water partition coefficient (Wildman–Crippen LogP) is -7.34. The zero-order valence-electron chi connectivity index (χ0n) is 19.9. The van der Waals surface area contributed by atoms with E-state index in [9.17, 15) is 55.5 Å². The summed E-state index contributed by atoms with van der Waals surface area (Å²) < 4.78 is 26.4. The van der Waals surface area contributed by atoms with Gasteiger partial charge in [0, 0.05) is 6.92 Å². The monoisotopic (exact) mass is 559 g/mol. The molecule has 0 aromatic heterocycles. The van der Waals surface area contributed by atoms with Crippen molar-refractivity contribution in [3.8, 4) is 0 Å².